The molecule has 2 aliphatic heterocycles. The Morgan fingerprint density at radius 3 is 2.79 bits per heavy atom. The van der Waals surface area contributed by atoms with E-state index in [1.165, 1.54) is 12.8 Å². The molecule has 2 aromatic rings. The van der Waals surface area contributed by atoms with Gasteiger partial charge in [-0.2, -0.15) is 0 Å². The molecule has 1 saturated carbocycles. The van der Waals surface area contributed by atoms with Gasteiger partial charge in [0.15, 0.2) is 5.58 Å². The van der Waals surface area contributed by atoms with Gasteiger partial charge in [0.25, 0.3) is 5.91 Å². The molecule has 0 spiro atoms. The van der Waals surface area contributed by atoms with Crippen LogP contribution >= 0.6 is 0 Å². The molecule has 29 heavy (non-hydrogen) atoms. The quantitative estimate of drug-likeness (QED) is 0.838. The Balaban J connectivity index is 1.25. The summed E-state index contributed by atoms with van der Waals surface area (Å²) in [5, 5.41) is 0. The Morgan fingerprint density at radius 2 is 2.00 bits per heavy atom. The summed E-state index contributed by atoms with van der Waals surface area (Å²) in [4.78, 5) is 45.8. The molecule has 1 aromatic carbocycles. The van der Waals surface area contributed by atoms with Gasteiger partial charge in [-0.1, -0.05) is 0 Å². The van der Waals surface area contributed by atoms with Crippen molar-refractivity contribution in [2.75, 3.05) is 39.3 Å². The number of amides is 2. The van der Waals surface area contributed by atoms with Crippen molar-refractivity contribution in [3.63, 3.8) is 0 Å². The third-order valence-corrected chi connectivity index (χ3v) is 6.34. The summed E-state index contributed by atoms with van der Waals surface area (Å²) in [7, 11) is 0. The summed E-state index contributed by atoms with van der Waals surface area (Å²) in [6, 6.07) is 5.08. The molecule has 2 amide bonds. The van der Waals surface area contributed by atoms with E-state index in [1.54, 1.807) is 18.2 Å². The molecular weight excluding hydrogens is 372 g/mol. The number of oxazole rings is 1. The van der Waals surface area contributed by atoms with Gasteiger partial charge < -0.3 is 14.2 Å². The average Bonchev–Trinajstić information content (AvgIpc) is 3.45. The number of rotatable bonds is 4. The van der Waals surface area contributed by atoms with E-state index in [9.17, 15) is 14.4 Å². The Bertz CT molecular complexity index is 992. The number of nitrogens with one attached hydrogen (secondary N) is 1. The highest BCUT2D eigenvalue weighted by Crippen LogP contribution is 2.30. The molecule has 2 saturated heterocycles. The Kier molecular flexibility index (Phi) is 4.66. The second-order valence-electron chi connectivity index (χ2n) is 8.54. The minimum Gasteiger partial charge on any atom is -0.408 e. The fourth-order valence-electron chi connectivity index (χ4n) is 4.60. The topological polar surface area (TPSA) is 89.9 Å². The SMILES string of the molecule is O=C(c1ccc2oc(=O)[nH]c2c1)N1CCCC(N2CCN(CC3CC3)CC2=O)C1. The van der Waals surface area contributed by atoms with E-state index in [4.69, 9.17) is 4.42 Å². The predicted molar refractivity (Wildman–Crippen MR) is 107 cm³/mol. The molecule has 5 rings (SSSR count). The maximum Gasteiger partial charge on any atom is 0.417 e. The fourth-order valence-corrected chi connectivity index (χ4v) is 4.60. The highest BCUT2D eigenvalue weighted by Gasteiger charge is 2.35. The van der Waals surface area contributed by atoms with E-state index >= 15 is 0 Å². The van der Waals surface area contributed by atoms with Crippen LogP contribution in [0.5, 0.6) is 0 Å². The summed E-state index contributed by atoms with van der Waals surface area (Å²) in [6.07, 6.45) is 4.42. The first-order valence-corrected chi connectivity index (χ1v) is 10.5. The molecule has 0 radical (unpaired) electrons. The molecule has 1 aliphatic carbocycles. The van der Waals surface area contributed by atoms with E-state index in [2.05, 4.69) is 9.88 Å². The van der Waals surface area contributed by atoms with E-state index in [0.717, 1.165) is 38.4 Å². The smallest absolute Gasteiger partial charge is 0.408 e. The lowest BCUT2D eigenvalue weighted by Gasteiger charge is -2.43. The normalized spacial score (nSPS) is 23.7. The number of carbonyl (C=O) groups is 2. The first-order chi connectivity index (χ1) is 14.1. The van der Waals surface area contributed by atoms with Crippen LogP contribution in [0.15, 0.2) is 27.4 Å². The summed E-state index contributed by atoms with van der Waals surface area (Å²) in [5.74, 6) is 0.383. The van der Waals surface area contributed by atoms with Crippen molar-refractivity contribution in [2.24, 2.45) is 5.92 Å². The number of fused-ring (bicyclic) bond motifs is 1. The lowest BCUT2D eigenvalue weighted by molar-refractivity contribution is -0.139. The molecule has 3 aliphatic rings. The van der Waals surface area contributed by atoms with Crippen molar-refractivity contribution >= 4 is 22.9 Å². The number of piperidine rings is 1. The number of H-pyrrole nitrogens is 1. The van der Waals surface area contributed by atoms with Gasteiger partial charge in [-0.25, -0.2) is 4.79 Å². The Morgan fingerprint density at radius 1 is 1.14 bits per heavy atom. The van der Waals surface area contributed by atoms with Crippen LogP contribution in [-0.2, 0) is 4.79 Å². The zero-order chi connectivity index (χ0) is 20.0. The van der Waals surface area contributed by atoms with Crippen molar-refractivity contribution in [1.29, 1.82) is 0 Å². The van der Waals surface area contributed by atoms with E-state index in [0.29, 0.717) is 36.3 Å². The maximum absolute atomic E-state index is 13.0. The molecule has 1 unspecified atom stereocenters. The highest BCUT2D eigenvalue weighted by molar-refractivity contribution is 5.97. The van der Waals surface area contributed by atoms with Crippen molar-refractivity contribution in [3.05, 3.63) is 34.3 Å². The molecule has 0 bridgehead atoms. The number of likely N-dealkylation sites (tertiary alicyclic amines) is 1. The average molecular weight is 398 g/mol. The number of nitrogens with zero attached hydrogens (tertiary/aromatic N) is 3. The summed E-state index contributed by atoms with van der Waals surface area (Å²) in [6.45, 7) is 4.48. The van der Waals surface area contributed by atoms with E-state index in [1.807, 2.05) is 9.80 Å². The van der Waals surface area contributed by atoms with Crippen LogP contribution in [0.25, 0.3) is 11.1 Å². The maximum atomic E-state index is 13.0. The monoisotopic (exact) mass is 398 g/mol. The van der Waals surface area contributed by atoms with Gasteiger partial charge in [0.2, 0.25) is 5.91 Å². The zero-order valence-corrected chi connectivity index (χ0v) is 16.4. The highest BCUT2D eigenvalue weighted by atomic mass is 16.4. The Hall–Kier alpha value is -2.61. The number of aromatic amines is 1. The zero-order valence-electron chi connectivity index (χ0n) is 16.4. The largest absolute Gasteiger partial charge is 0.417 e. The van der Waals surface area contributed by atoms with Gasteiger partial charge in [0.1, 0.15) is 0 Å². The van der Waals surface area contributed by atoms with Gasteiger partial charge in [-0.05, 0) is 49.8 Å². The van der Waals surface area contributed by atoms with Crippen LogP contribution in [0.2, 0.25) is 0 Å². The second kappa shape index (κ2) is 7.33. The minimum absolute atomic E-state index is 0.0709. The fraction of sp³-hybridized carbons (Fsp3) is 0.571. The minimum atomic E-state index is -0.526. The number of hydrogen-bond acceptors (Lipinski definition) is 5. The molecule has 1 aromatic heterocycles. The number of benzene rings is 1. The van der Waals surface area contributed by atoms with Crippen LogP contribution in [-0.4, -0.2) is 76.8 Å². The lowest BCUT2D eigenvalue weighted by atomic mass is 10.0. The van der Waals surface area contributed by atoms with Crippen LogP contribution in [0, 0.1) is 5.92 Å². The van der Waals surface area contributed by atoms with Crippen molar-refractivity contribution < 1.29 is 14.0 Å². The first kappa shape index (κ1) is 18.4. The van der Waals surface area contributed by atoms with Gasteiger partial charge >= 0.3 is 5.76 Å². The summed E-state index contributed by atoms with van der Waals surface area (Å²) < 4.78 is 5.01. The van der Waals surface area contributed by atoms with E-state index in [-0.39, 0.29) is 17.9 Å². The number of aromatic nitrogens is 1. The van der Waals surface area contributed by atoms with Gasteiger partial charge in [-0.3, -0.25) is 19.5 Å². The molecule has 8 heteroatoms. The molecule has 154 valence electrons. The third-order valence-electron chi connectivity index (χ3n) is 6.34. The Labute approximate surface area is 168 Å². The predicted octanol–water partition coefficient (Wildman–Crippen LogP) is 1.28. The van der Waals surface area contributed by atoms with Gasteiger partial charge in [0, 0.05) is 44.3 Å². The van der Waals surface area contributed by atoms with Gasteiger partial charge in [0.05, 0.1) is 12.1 Å². The van der Waals surface area contributed by atoms with Gasteiger partial charge in [-0.15, -0.1) is 0 Å². The van der Waals surface area contributed by atoms with Crippen LogP contribution in [0.1, 0.15) is 36.0 Å². The lowest BCUT2D eigenvalue weighted by Crippen LogP contribution is -2.58. The first-order valence-electron chi connectivity index (χ1n) is 10.5. The third kappa shape index (κ3) is 3.81. The number of carbonyl (C=O) groups excluding carboxylic acids is 2. The van der Waals surface area contributed by atoms with Crippen molar-refractivity contribution in [3.8, 4) is 0 Å². The molecule has 1 atom stereocenters. The van der Waals surface area contributed by atoms with Crippen LogP contribution in [0.4, 0.5) is 0 Å². The van der Waals surface area contributed by atoms with Crippen LogP contribution < -0.4 is 5.76 Å². The molecule has 3 fully saturated rings. The number of hydrogen-bond donors (Lipinski definition) is 1. The van der Waals surface area contributed by atoms with Crippen molar-refractivity contribution in [2.45, 2.75) is 31.7 Å². The molecule has 3 heterocycles. The molecule has 1 N–H and O–H groups in total. The van der Waals surface area contributed by atoms with Crippen molar-refractivity contribution in [1.82, 2.24) is 19.7 Å². The second-order valence-corrected chi connectivity index (χ2v) is 8.54. The standard InChI is InChI=1S/C21H26N4O4/c26-19-13-23(11-14-3-4-14)8-9-25(19)16-2-1-7-24(12-16)20(27)15-5-6-18-17(10-15)22-21(28)29-18/h5-6,10,14,16H,1-4,7-9,11-13H2,(H,22,28). The molecular formula is C21H26N4O4. The van der Waals surface area contributed by atoms with Crippen LogP contribution in [0.3, 0.4) is 0 Å². The summed E-state index contributed by atoms with van der Waals surface area (Å²) in [5.41, 5.74) is 1.49. The molecule has 8 nitrogen and oxygen atoms in total. The van der Waals surface area contributed by atoms with E-state index < -0.39 is 5.76 Å². The summed E-state index contributed by atoms with van der Waals surface area (Å²) >= 11 is 0. The number of piperazine rings is 1.